The lowest BCUT2D eigenvalue weighted by Gasteiger charge is -2.33. The zero-order valence-electron chi connectivity index (χ0n) is 23.5. The molecule has 1 heterocycles. The Bertz CT molecular complexity index is 1550. The maximum absolute atomic E-state index is 14.2. The monoisotopic (exact) mass is 583 g/mol. The summed E-state index contributed by atoms with van der Waals surface area (Å²) in [5.74, 6) is -5.13. The highest BCUT2D eigenvalue weighted by Crippen LogP contribution is 2.21. The van der Waals surface area contributed by atoms with Crippen LogP contribution in [0.5, 0.6) is 5.75 Å². The number of carboxylic acid groups (broad SMARTS) is 1. The van der Waals surface area contributed by atoms with Gasteiger partial charge in [-0.05, 0) is 39.3 Å². The zero-order chi connectivity index (χ0) is 31.2. The van der Waals surface area contributed by atoms with Gasteiger partial charge in [0.2, 0.25) is 11.2 Å². The third kappa shape index (κ3) is 7.59. The Morgan fingerprint density at radius 1 is 1.14 bits per heavy atom. The summed E-state index contributed by atoms with van der Waals surface area (Å²) in [4.78, 5) is 52.7. The summed E-state index contributed by atoms with van der Waals surface area (Å²) in [6.07, 6.45) is 1.19. The lowest BCUT2D eigenvalue weighted by atomic mass is 10.1. The number of rotatable bonds is 10. The number of nitrogens with zero attached hydrogens (tertiary/aromatic N) is 2. The molecule has 12 heteroatoms. The Hall–Kier alpha value is -5.00. The number of aromatic nitrogens is 1. The fraction of sp³-hybridized carbons (Fsp3) is 0.267. The molecule has 3 aromatic rings. The highest BCUT2D eigenvalue weighted by Gasteiger charge is 2.33. The number of amides is 2. The molecule has 0 aliphatic rings. The van der Waals surface area contributed by atoms with Crippen molar-refractivity contribution in [1.29, 1.82) is 0 Å². The number of carbonyl (C=O) groups is 3. The van der Waals surface area contributed by atoms with Gasteiger partial charge in [0.15, 0.2) is 5.69 Å². The van der Waals surface area contributed by atoms with Gasteiger partial charge in [0.05, 0.1) is 6.04 Å². The number of ether oxygens (including phenoxy) is 2. The summed E-state index contributed by atoms with van der Waals surface area (Å²) in [6, 6.07) is 10.4. The van der Waals surface area contributed by atoms with Crippen LogP contribution in [-0.2, 0) is 17.9 Å². The van der Waals surface area contributed by atoms with Gasteiger partial charge in [-0.25, -0.2) is 28.1 Å². The minimum atomic E-state index is -1.64. The van der Waals surface area contributed by atoms with Crippen molar-refractivity contribution in [2.75, 3.05) is 5.01 Å². The molecule has 0 bridgehead atoms. The van der Waals surface area contributed by atoms with Crippen molar-refractivity contribution in [1.82, 2.24) is 9.99 Å². The van der Waals surface area contributed by atoms with E-state index in [2.05, 4.69) is 11.9 Å². The van der Waals surface area contributed by atoms with E-state index in [4.69, 9.17) is 9.47 Å². The Morgan fingerprint density at radius 3 is 2.38 bits per heavy atom. The molecular formula is C30H31F2N3O7. The smallest absolute Gasteiger partial charge is 0.430 e. The molecule has 0 saturated carbocycles. The molecule has 1 aromatic heterocycles. The molecule has 1 unspecified atom stereocenters. The number of nitrogens with one attached hydrogen (secondary N) is 1. The minimum Gasteiger partial charge on any atom is -0.482 e. The van der Waals surface area contributed by atoms with Crippen molar-refractivity contribution in [3.63, 3.8) is 0 Å². The van der Waals surface area contributed by atoms with Gasteiger partial charge in [-0.2, -0.15) is 0 Å². The summed E-state index contributed by atoms with van der Waals surface area (Å²) >= 11 is 0. The van der Waals surface area contributed by atoms with Gasteiger partial charge >= 0.3 is 12.1 Å². The maximum Gasteiger partial charge on any atom is 0.430 e. The van der Waals surface area contributed by atoms with Crippen molar-refractivity contribution < 1.29 is 37.7 Å². The number of carboxylic acids is 1. The van der Waals surface area contributed by atoms with E-state index in [1.54, 1.807) is 51.1 Å². The van der Waals surface area contributed by atoms with Crippen LogP contribution in [0.15, 0.2) is 72.2 Å². The number of carbonyl (C=O) groups excluding carboxylic acids is 2. The van der Waals surface area contributed by atoms with Crippen molar-refractivity contribution in [2.45, 2.75) is 52.5 Å². The van der Waals surface area contributed by atoms with E-state index in [1.165, 1.54) is 13.0 Å². The van der Waals surface area contributed by atoms with Crippen molar-refractivity contribution in [2.24, 2.45) is 0 Å². The first kappa shape index (κ1) is 31.5. The molecule has 42 heavy (non-hydrogen) atoms. The summed E-state index contributed by atoms with van der Waals surface area (Å²) in [7, 11) is 0. The molecule has 0 spiro atoms. The molecule has 0 radical (unpaired) electrons. The number of aromatic carboxylic acids is 1. The fourth-order valence-electron chi connectivity index (χ4n) is 3.76. The van der Waals surface area contributed by atoms with Gasteiger partial charge < -0.3 is 19.9 Å². The average Bonchev–Trinajstić information content (AvgIpc) is 2.91. The molecule has 2 amide bonds. The lowest BCUT2D eigenvalue weighted by molar-refractivity contribution is 0.0521. The molecule has 10 nitrogen and oxygen atoms in total. The van der Waals surface area contributed by atoms with Gasteiger partial charge in [-0.3, -0.25) is 9.59 Å². The van der Waals surface area contributed by atoms with Crippen LogP contribution in [0.1, 0.15) is 59.7 Å². The second kappa shape index (κ2) is 13.1. The highest BCUT2D eigenvalue weighted by molar-refractivity contribution is 5.97. The first-order chi connectivity index (χ1) is 19.7. The molecule has 0 aliphatic heterocycles. The van der Waals surface area contributed by atoms with E-state index in [-0.39, 0.29) is 12.2 Å². The van der Waals surface area contributed by atoms with E-state index in [1.807, 2.05) is 0 Å². The van der Waals surface area contributed by atoms with E-state index < -0.39 is 70.2 Å². The number of benzene rings is 2. The standard InChI is InChI=1S/C30H31F2N3O7/c1-6-18(2)35(29(40)42-30(3,4)5)34-16-22(27(37)33-15-20-12-13-21(31)14-23(20)32)25(36)26(24(34)28(38)39)41-17-19-10-8-7-9-11-19/h6-14,16,18H,1,15,17H2,2-5H3,(H,33,37)(H,38,39). The summed E-state index contributed by atoms with van der Waals surface area (Å²) in [5, 5.41) is 13.4. The zero-order valence-corrected chi connectivity index (χ0v) is 23.5. The SMILES string of the molecule is C=CC(C)N(C(=O)OC(C)(C)C)n1cc(C(=O)NCc2ccc(F)cc2F)c(=O)c(OCc2ccccc2)c1C(=O)O. The van der Waals surface area contributed by atoms with Gasteiger partial charge in [-0.1, -0.05) is 42.5 Å². The van der Waals surface area contributed by atoms with Crippen LogP contribution in [0, 0.1) is 11.6 Å². The molecule has 0 aliphatic carbocycles. The third-order valence-electron chi connectivity index (χ3n) is 5.81. The Morgan fingerprint density at radius 2 is 1.81 bits per heavy atom. The van der Waals surface area contributed by atoms with Crippen LogP contribution >= 0.6 is 0 Å². The van der Waals surface area contributed by atoms with E-state index in [0.717, 1.165) is 28.0 Å². The number of hydrogen-bond donors (Lipinski definition) is 2. The third-order valence-corrected chi connectivity index (χ3v) is 5.81. The van der Waals surface area contributed by atoms with Crippen molar-refractivity contribution in [3.05, 3.63) is 112 Å². The predicted octanol–water partition coefficient (Wildman–Crippen LogP) is 4.78. The lowest BCUT2D eigenvalue weighted by Crippen LogP contribution is -2.51. The second-order valence-corrected chi connectivity index (χ2v) is 10.2. The summed E-state index contributed by atoms with van der Waals surface area (Å²) < 4.78 is 39.4. The maximum atomic E-state index is 14.2. The van der Waals surface area contributed by atoms with Crippen LogP contribution in [0.3, 0.4) is 0 Å². The van der Waals surface area contributed by atoms with Crippen LogP contribution in [0.4, 0.5) is 13.6 Å². The molecular weight excluding hydrogens is 552 g/mol. The molecule has 3 rings (SSSR count). The van der Waals surface area contributed by atoms with Crippen LogP contribution in [0.25, 0.3) is 0 Å². The topological polar surface area (TPSA) is 127 Å². The number of hydrogen-bond acceptors (Lipinski definition) is 6. The largest absolute Gasteiger partial charge is 0.482 e. The Kier molecular flexibility index (Phi) is 9.84. The van der Waals surface area contributed by atoms with Crippen LogP contribution in [-0.4, -0.2) is 39.4 Å². The summed E-state index contributed by atoms with van der Waals surface area (Å²) in [6.45, 7) is 9.32. The number of halogens is 2. The van der Waals surface area contributed by atoms with Gasteiger partial charge in [-0.15, -0.1) is 6.58 Å². The van der Waals surface area contributed by atoms with Gasteiger partial charge in [0.1, 0.15) is 29.4 Å². The Labute approximate surface area is 240 Å². The molecule has 1 atom stereocenters. The highest BCUT2D eigenvalue weighted by atomic mass is 19.1. The van der Waals surface area contributed by atoms with Gasteiger partial charge in [0, 0.05) is 24.4 Å². The van der Waals surface area contributed by atoms with E-state index >= 15 is 0 Å². The second-order valence-electron chi connectivity index (χ2n) is 10.2. The van der Waals surface area contributed by atoms with Crippen molar-refractivity contribution >= 4 is 18.0 Å². The normalized spacial score (nSPS) is 11.8. The predicted molar refractivity (Wildman–Crippen MR) is 150 cm³/mol. The average molecular weight is 584 g/mol. The van der Waals surface area contributed by atoms with E-state index in [9.17, 15) is 33.1 Å². The first-order valence-electron chi connectivity index (χ1n) is 12.8. The van der Waals surface area contributed by atoms with Crippen LogP contribution in [0.2, 0.25) is 0 Å². The van der Waals surface area contributed by atoms with Gasteiger partial charge in [0.25, 0.3) is 5.91 Å². The van der Waals surface area contributed by atoms with E-state index in [0.29, 0.717) is 11.6 Å². The molecule has 0 fully saturated rings. The molecule has 0 saturated heterocycles. The van der Waals surface area contributed by atoms with Crippen LogP contribution < -0.4 is 20.5 Å². The first-order valence-corrected chi connectivity index (χ1v) is 12.8. The number of pyridine rings is 1. The van der Waals surface area contributed by atoms with Crippen molar-refractivity contribution in [3.8, 4) is 5.75 Å². The molecule has 2 aromatic carbocycles. The Balaban J connectivity index is 2.19. The molecule has 2 N–H and O–H groups in total. The quantitative estimate of drug-likeness (QED) is 0.329. The fourth-order valence-corrected chi connectivity index (χ4v) is 3.76. The minimum absolute atomic E-state index is 0.0663. The summed E-state index contributed by atoms with van der Waals surface area (Å²) in [5.41, 5.74) is -2.93. The molecule has 222 valence electrons.